The van der Waals surface area contributed by atoms with E-state index in [2.05, 4.69) is 10.3 Å². The third-order valence-electron chi connectivity index (χ3n) is 4.09. The van der Waals surface area contributed by atoms with Crippen LogP contribution in [0.5, 0.6) is 0 Å². The lowest BCUT2D eigenvalue weighted by Gasteiger charge is -2.13. The summed E-state index contributed by atoms with van der Waals surface area (Å²) >= 11 is 0. The number of carbonyl (C=O) groups excluding carboxylic acids is 2. The van der Waals surface area contributed by atoms with Gasteiger partial charge in [0.2, 0.25) is 0 Å². The van der Waals surface area contributed by atoms with Crippen molar-refractivity contribution in [2.45, 2.75) is 19.4 Å². The SMILES string of the molecule is C[C@@H](OC(=O)c1c[nH]c2ccccc12)C(=O)NCCc1ccc(F)cc1. The molecular weight excluding hydrogens is 335 g/mol. The summed E-state index contributed by atoms with van der Waals surface area (Å²) in [6.45, 7) is 1.90. The van der Waals surface area contributed by atoms with Crippen molar-refractivity contribution in [1.82, 2.24) is 10.3 Å². The van der Waals surface area contributed by atoms with E-state index in [1.54, 1.807) is 18.3 Å². The standard InChI is InChI=1S/C20H19FN2O3/c1-13(19(24)22-11-10-14-6-8-15(21)9-7-14)26-20(25)17-12-23-18-5-3-2-4-16(17)18/h2-9,12-13,23H,10-11H2,1H3,(H,22,24)/t13-/m1/s1. The predicted molar refractivity (Wildman–Crippen MR) is 96.3 cm³/mol. The van der Waals surface area contributed by atoms with Crippen LogP contribution in [0.4, 0.5) is 4.39 Å². The van der Waals surface area contributed by atoms with Crippen LogP contribution in [0, 0.1) is 5.82 Å². The summed E-state index contributed by atoms with van der Waals surface area (Å²) in [6, 6.07) is 13.5. The zero-order chi connectivity index (χ0) is 18.5. The number of fused-ring (bicyclic) bond motifs is 1. The Bertz CT molecular complexity index is 918. The van der Waals surface area contributed by atoms with Crippen LogP contribution >= 0.6 is 0 Å². The maximum absolute atomic E-state index is 12.9. The largest absolute Gasteiger partial charge is 0.449 e. The van der Waals surface area contributed by atoms with Crippen molar-refractivity contribution >= 4 is 22.8 Å². The summed E-state index contributed by atoms with van der Waals surface area (Å²) < 4.78 is 18.1. The minimum Gasteiger partial charge on any atom is -0.449 e. The van der Waals surface area contributed by atoms with Gasteiger partial charge in [0.1, 0.15) is 5.82 Å². The van der Waals surface area contributed by atoms with Gasteiger partial charge in [-0.25, -0.2) is 9.18 Å². The lowest BCUT2D eigenvalue weighted by Crippen LogP contribution is -2.36. The fraction of sp³-hybridized carbons (Fsp3) is 0.200. The minimum absolute atomic E-state index is 0.296. The van der Waals surface area contributed by atoms with Crippen molar-refractivity contribution in [2.75, 3.05) is 6.54 Å². The highest BCUT2D eigenvalue weighted by Gasteiger charge is 2.20. The van der Waals surface area contributed by atoms with E-state index < -0.39 is 12.1 Å². The Kier molecular flexibility index (Phi) is 5.31. The van der Waals surface area contributed by atoms with E-state index in [0.29, 0.717) is 18.5 Å². The second-order valence-electron chi connectivity index (χ2n) is 5.96. The molecule has 6 heteroatoms. The molecule has 0 unspecified atom stereocenters. The Morgan fingerprint density at radius 1 is 1.15 bits per heavy atom. The quantitative estimate of drug-likeness (QED) is 0.668. The van der Waals surface area contributed by atoms with Gasteiger partial charge in [0.25, 0.3) is 5.91 Å². The highest BCUT2D eigenvalue weighted by molar-refractivity contribution is 6.04. The maximum Gasteiger partial charge on any atom is 0.341 e. The number of esters is 1. The van der Waals surface area contributed by atoms with Gasteiger partial charge in [-0.05, 0) is 37.1 Å². The number of H-pyrrole nitrogens is 1. The van der Waals surface area contributed by atoms with Crippen LogP contribution in [0.1, 0.15) is 22.8 Å². The zero-order valence-electron chi connectivity index (χ0n) is 14.3. The van der Waals surface area contributed by atoms with Gasteiger partial charge in [-0.1, -0.05) is 30.3 Å². The van der Waals surface area contributed by atoms with Crippen LogP contribution < -0.4 is 5.32 Å². The number of rotatable bonds is 6. The first kappa shape index (κ1) is 17.7. The molecule has 0 saturated carbocycles. The highest BCUT2D eigenvalue weighted by atomic mass is 19.1. The van der Waals surface area contributed by atoms with Gasteiger partial charge in [-0.15, -0.1) is 0 Å². The first-order valence-corrected chi connectivity index (χ1v) is 8.34. The van der Waals surface area contributed by atoms with Gasteiger partial charge < -0.3 is 15.0 Å². The van der Waals surface area contributed by atoms with Crippen LogP contribution in [0.25, 0.3) is 10.9 Å². The smallest absolute Gasteiger partial charge is 0.341 e. The average molecular weight is 354 g/mol. The molecule has 3 aromatic rings. The number of hydrogen-bond acceptors (Lipinski definition) is 3. The molecule has 0 fully saturated rings. The Morgan fingerprint density at radius 2 is 1.88 bits per heavy atom. The van der Waals surface area contributed by atoms with Crippen LogP contribution in [-0.2, 0) is 16.0 Å². The number of ether oxygens (including phenoxy) is 1. The molecule has 0 aliphatic heterocycles. The molecule has 0 aliphatic carbocycles. The molecule has 0 radical (unpaired) electrons. The van der Waals surface area contributed by atoms with Gasteiger partial charge in [-0.2, -0.15) is 0 Å². The van der Waals surface area contributed by atoms with Crippen LogP contribution in [0.2, 0.25) is 0 Å². The molecule has 2 N–H and O–H groups in total. The van der Waals surface area contributed by atoms with E-state index in [-0.39, 0.29) is 11.7 Å². The van der Waals surface area contributed by atoms with E-state index in [0.717, 1.165) is 16.5 Å². The van der Waals surface area contributed by atoms with Crippen molar-refractivity contribution in [3.05, 3.63) is 71.7 Å². The van der Waals surface area contributed by atoms with Crippen molar-refractivity contribution in [3.63, 3.8) is 0 Å². The molecule has 26 heavy (non-hydrogen) atoms. The summed E-state index contributed by atoms with van der Waals surface area (Å²) in [6.07, 6.45) is 1.23. The number of hydrogen-bond donors (Lipinski definition) is 2. The van der Waals surface area contributed by atoms with Gasteiger partial charge in [0, 0.05) is 23.6 Å². The number of aromatic nitrogens is 1. The Labute approximate surface area is 150 Å². The Balaban J connectivity index is 1.52. The summed E-state index contributed by atoms with van der Waals surface area (Å²) in [4.78, 5) is 27.4. The molecule has 2 aromatic carbocycles. The predicted octanol–water partition coefficient (Wildman–Crippen LogP) is 3.21. The summed E-state index contributed by atoms with van der Waals surface area (Å²) in [5, 5.41) is 3.47. The topological polar surface area (TPSA) is 71.2 Å². The van der Waals surface area contributed by atoms with Crippen molar-refractivity contribution in [1.29, 1.82) is 0 Å². The molecule has 0 bridgehead atoms. The molecular formula is C20H19FN2O3. The molecule has 0 spiro atoms. The van der Waals surface area contributed by atoms with E-state index in [1.807, 2.05) is 24.3 Å². The fourth-order valence-corrected chi connectivity index (χ4v) is 2.64. The van der Waals surface area contributed by atoms with Gasteiger partial charge in [-0.3, -0.25) is 4.79 Å². The van der Waals surface area contributed by atoms with Crippen molar-refractivity contribution in [2.24, 2.45) is 0 Å². The number of para-hydroxylation sites is 1. The summed E-state index contributed by atoms with van der Waals surface area (Å²) in [7, 11) is 0. The molecule has 1 heterocycles. The number of benzene rings is 2. The van der Waals surface area contributed by atoms with Crippen molar-refractivity contribution in [3.8, 4) is 0 Å². The molecule has 134 valence electrons. The molecule has 1 amide bonds. The van der Waals surface area contributed by atoms with Gasteiger partial charge in [0.05, 0.1) is 5.56 Å². The number of amides is 1. The average Bonchev–Trinajstić information content (AvgIpc) is 3.07. The number of nitrogens with one attached hydrogen (secondary N) is 2. The maximum atomic E-state index is 12.9. The lowest BCUT2D eigenvalue weighted by atomic mass is 10.1. The number of aromatic amines is 1. The van der Waals surface area contributed by atoms with E-state index in [4.69, 9.17) is 4.74 Å². The highest BCUT2D eigenvalue weighted by Crippen LogP contribution is 2.19. The minimum atomic E-state index is -0.913. The van der Waals surface area contributed by atoms with Crippen LogP contribution in [-0.4, -0.2) is 29.5 Å². The third-order valence-corrected chi connectivity index (χ3v) is 4.09. The monoisotopic (exact) mass is 354 g/mol. The van der Waals surface area contributed by atoms with E-state index in [9.17, 15) is 14.0 Å². The first-order chi connectivity index (χ1) is 12.5. The third kappa shape index (κ3) is 4.08. The first-order valence-electron chi connectivity index (χ1n) is 8.34. The van der Waals surface area contributed by atoms with E-state index in [1.165, 1.54) is 19.1 Å². The normalized spacial score (nSPS) is 11.9. The second-order valence-corrected chi connectivity index (χ2v) is 5.96. The van der Waals surface area contributed by atoms with Crippen LogP contribution in [0.3, 0.4) is 0 Å². The Morgan fingerprint density at radius 3 is 2.65 bits per heavy atom. The number of halogens is 1. The summed E-state index contributed by atoms with van der Waals surface area (Å²) in [5.74, 6) is -1.22. The molecule has 3 rings (SSSR count). The molecule has 1 atom stereocenters. The van der Waals surface area contributed by atoms with E-state index >= 15 is 0 Å². The molecule has 5 nitrogen and oxygen atoms in total. The molecule has 0 saturated heterocycles. The van der Waals surface area contributed by atoms with Crippen molar-refractivity contribution < 1.29 is 18.7 Å². The second kappa shape index (κ2) is 7.82. The fourth-order valence-electron chi connectivity index (χ4n) is 2.64. The molecule has 1 aromatic heterocycles. The number of carbonyl (C=O) groups is 2. The van der Waals surface area contributed by atoms with Gasteiger partial charge >= 0.3 is 5.97 Å². The van der Waals surface area contributed by atoms with Gasteiger partial charge in [0.15, 0.2) is 6.10 Å². The van der Waals surface area contributed by atoms with Crippen LogP contribution in [0.15, 0.2) is 54.7 Å². The lowest BCUT2D eigenvalue weighted by molar-refractivity contribution is -0.129. The molecule has 0 aliphatic rings. The Hall–Kier alpha value is -3.15. The summed E-state index contributed by atoms with van der Waals surface area (Å²) in [5.41, 5.74) is 2.14. The zero-order valence-corrected chi connectivity index (χ0v) is 14.3.